The summed E-state index contributed by atoms with van der Waals surface area (Å²) in [6.45, 7) is 6.62. The Kier molecular flexibility index (Phi) is 4.56. The van der Waals surface area contributed by atoms with Crippen molar-refractivity contribution in [2.24, 2.45) is 11.8 Å². The highest BCUT2D eigenvalue weighted by molar-refractivity contribution is 5.84. The first-order valence-corrected chi connectivity index (χ1v) is 6.96. The van der Waals surface area contributed by atoms with Gasteiger partial charge in [-0.3, -0.25) is 4.79 Å². The Labute approximate surface area is 122 Å². The van der Waals surface area contributed by atoms with E-state index in [0.717, 1.165) is 0 Å². The average molecular weight is 296 g/mol. The number of hydrogen-bond acceptors (Lipinski definition) is 5. The Morgan fingerprint density at radius 3 is 2.62 bits per heavy atom. The lowest BCUT2D eigenvalue weighted by molar-refractivity contribution is -0.127. The fraction of sp³-hybridized carbons (Fsp3) is 0.692. The highest BCUT2D eigenvalue weighted by Crippen LogP contribution is 2.32. The van der Waals surface area contributed by atoms with Gasteiger partial charge in [0.15, 0.2) is 5.69 Å². The van der Waals surface area contributed by atoms with Crippen molar-refractivity contribution in [3.63, 3.8) is 0 Å². The Hall–Kier alpha value is -1.96. The van der Waals surface area contributed by atoms with Crippen LogP contribution in [0, 0.1) is 11.8 Å². The number of carbonyl (C=O) groups excluding carboxylic acids is 1. The van der Waals surface area contributed by atoms with E-state index in [1.54, 1.807) is 0 Å². The van der Waals surface area contributed by atoms with Gasteiger partial charge in [0.2, 0.25) is 5.91 Å². The zero-order valence-corrected chi connectivity index (χ0v) is 12.3. The highest BCUT2D eigenvalue weighted by Gasteiger charge is 2.41. The minimum absolute atomic E-state index is 0.0436. The molecule has 2 heterocycles. The molecule has 0 saturated carbocycles. The predicted molar refractivity (Wildman–Crippen MR) is 72.7 cm³/mol. The molecule has 1 fully saturated rings. The lowest BCUT2D eigenvalue weighted by atomic mass is 9.89. The van der Waals surface area contributed by atoms with Crippen LogP contribution in [0.2, 0.25) is 0 Å². The number of carbonyl (C=O) groups is 2. The second-order valence-electron chi connectivity index (χ2n) is 5.39. The van der Waals surface area contributed by atoms with Crippen molar-refractivity contribution in [3.05, 3.63) is 11.9 Å². The van der Waals surface area contributed by atoms with Crippen molar-refractivity contribution in [3.8, 4) is 0 Å². The van der Waals surface area contributed by atoms with Gasteiger partial charge in [-0.1, -0.05) is 12.1 Å². The summed E-state index contributed by atoms with van der Waals surface area (Å²) in [7, 11) is 0. The third kappa shape index (κ3) is 3.38. The average Bonchev–Trinajstić information content (AvgIpc) is 2.96. The number of amides is 1. The van der Waals surface area contributed by atoms with Gasteiger partial charge in [0.05, 0.1) is 30.9 Å². The third-order valence-electron chi connectivity index (χ3n) is 3.94. The van der Waals surface area contributed by atoms with E-state index in [1.807, 2.05) is 20.8 Å². The Bertz CT molecular complexity index is 530. The van der Waals surface area contributed by atoms with Gasteiger partial charge in [0.1, 0.15) is 0 Å². The lowest BCUT2D eigenvalue weighted by Crippen LogP contribution is -2.38. The van der Waals surface area contributed by atoms with Gasteiger partial charge in [-0.25, -0.2) is 9.48 Å². The summed E-state index contributed by atoms with van der Waals surface area (Å²) in [6.07, 6.45) is 1.31. The van der Waals surface area contributed by atoms with E-state index < -0.39 is 5.97 Å². The summed E-state index contributed by atoms with van der Waals surface area (Å²) < 4.78 is 7.04. The topological polar surface area (TPSA) is 106 Å². The van der Waals surface area contributed by atoms with Gasteiger partial charge in [-0.15, -0.1) is 5.10 Å². The first-order chi connectivity index (χ1) is 9.90. The summed E-state index contributed by atoms with van der Waals surface area (Å²) in [5.74, 6) is -1.15. The molecular weight excluding hydrogens is 276 g/mol. The second kappa shape index (κ2) is 6.21. The largest absolute Gasteiger partial charge is 0.476 e. The smallest absolute Gasteiger partial charge is 0.358 e. The first kappa shape index (κ1) is 15.4. The highest BCUT2D eigenvalue weighted by atomic mass is 16.5. The summed E-state index contributed by atoms with van der Waals surface area (Å²) in [5, 5.41) is 18.8. The number of rotatable bonds is 5. The number of hydrogen-bond donors (Lipinski definition) is 2. The number of nitrogens with one attached hydrogen (secondary N) is 1. The van der Waals surface area contributed by atoms with E-state index >= 15 is 0 Å². The summed E-state index contributed by atoms with van der Waals surface area (Å²) in [5.41, 5.74) is -0.110. The molecule has 1 amide bonds. The summed E-state index contributed by atoms with van der Waals surface area (Å²) in [4.78, 5) is 22.9. The van der Waals surface area contributed by atoms with Crippen LogP contribution in [0.3, 0.4) is 0 Å². The summed E-state index contributed by atoms with van der Waals surface area (Å²) in [6, 6.07) is 0. The van der Waals surface area contributed by atoms with Gasteiger partial charge in [0.25, 0.3) is 0 Å². The fourth-order valence-corrected chi connectivity index (χ4v) is 2.64. The van der Waals surface area contributed by atoms with E-state index in [9.17, 15) is 9.59 Å². The molecule has 4 unspecified atom stereocenters. The molecule has 8 heteroatoms. The first-order valence-electron chi connectivity index (χ1n) is 6.96. The molecule has 2 N–H and O–H groups in total. The van der Waals surface area contributed by atoms with Crippen LogP contribution in [-0.2, 0) is 16.1 Å². The van der Waals surface area contributed by atoms with E-state index in [0.29, 0.717) is 13.1 Å². The number of nitrogens with zero attached hydrogens (tertiary/aromatic N) is 3. The normalized spacial score (nSPS) is 28.5. The Morgan fingerprint density at radius 2 is 2.10 bits per heavy atom. The standard InChI is InChI=1S/C13H20N4O4/c1-7-8(2)21-9(3)11(7)12(18)14-4-5-17-6-10(13(19)20)15-16-17/h6-9,11H,4-5H2,1-3H3,(H,14,18)(H,19,20). The zero-order valence-electron chi connectivity index (χ0n) is 12.3. The molecule has 0 radical (unpaired) electrons. The van der Waals surface area contributed by atoms with Crippen LogP contribution in [0.25, 0.3) is 0 Å². The van der Waals surface area contributed by atoms with E-state index in [-0.39, 0.29) is 35.6 Å². The van der Waals surface area contributed by atoms with Crippen molar-refractivity contribution >= 4 is 11.9 Å². The molecule has 1 aromatic heterocycles. The third-order valence-corrected chi connectivity index (χ3v) is 3.94. The number of carboxylic acid groups (broad SMARTS) is 1. The van der Waals surface area contributed by atoms with Gasteiger partial charge in [0, 0.05) is 6.54 Å². The molecule has 1 saturated heterocycles. The van der Waals surface area contributed by atoms with Gasteiger partial charge in [-0.05, 0) is 19.8 Å². The molecule has 2 rings (SSSR count). The summed E-state index contributed by atoms with van der Waals surface area (Å²) >= 11 is 0. The van der Waals surface area contributed by atoms with Gasteiger partial charge in [-0.2, -0.15) is 0 Å². The maximum absolute atomic E-state index is 12.2. The second-order valence-corrected chi connectivity index (χ2v) is 5.39. The van der Waals surface area contributed by atoms with Crippen LogP contribution in [-0.4, -0.2) is 50.7 Å². The molecule has 0 bridgehead atoms. The molecule has 116 valence electrons. The van der Waals surface area contributed by atoms with Crippen LogP contribution in [0.1, 0.15) is 31.3 Å². The van der Waals surface area contributed by atoms with Crippen molar-refractivity contribution in [1.82, 2.24) is 20.3 Å². The molecule has 8 nitrogen and oxygen atoms in total. The van der Waals surface area contributed by atoms with Crippen LogP contribution in [0.4, 0.5) is 0 Å². The van der Waals surface area contributed by atoms with E-state index in [1.165, 1.54) is 10.9 Å². The molecular formula is C13H20N4O4. The number of carboxylic acids is 1. The zero-order chi connectivity index (χ0) is 15.6. The van der Waals surface area contributed by atoms with Gasteiger partial charge < -0.3 is 15.2 Å². The number of aromatic carboxylic acids is 1. The Balaban J connectivity index is 1.82. The minimum Gasteiger partial charge on any atom is -0.476 e. The maximum atomic E-state index is 12.2. The van der Waals surface area contributed by atoms with Crippen LogP contribution in [0.5, 0.6) is 0 Å². The molecule has 4 atom stereocenters. The van der Waals surface area contributed by atoms with Crippen molar-refractivity contribution < 1.29 is 19.4 Å². The quantitative estimate of drug-likeness (QED) is 0.801. The SMILES string of the molecule is CC1OC(C)C(C(=O)NCCn2cc(C(=O)O)nn2)C1C. The monoisotopic (exact) mass is 296 g/mol. The molecule has 0 aliphatic carbocycles. The fourth-order valence-electron chi connectivity index (χ4n) is 2.64. The molecule has 21 heavy (non-hydrogen) atoms. The molecule has 1 aliphatic heterocycles. The number of aromatic nitrogens is 3. The lowest BCUT2D eigenvalue weighted by Gasteiger charge is -2.17. The predicted octanol–water partition coefficient (Wildman–Crippen LogP) is 0.152. The maximum Gasteiger partial charge on any atom is 0.358 e. The van der Waals surface area contributed by atoms with E-state index in [2.05, 4.69) is 15.6 Å². The van der Waals surface area contributed by atoms with Crippen LogP contribution < -0.4 is 5.32 Å². The molecule has 0 spiro atoms. The van der Waals surface area contributed by atoms with Crippen molar-refractivity contribution in [2.45, 2.75) is 39.5 Å². The van der Waals surface area contributed by atoms with Crippen LogP contribution in [0.15, 0.2) is 6.20 Å². The molecule has 1 aromatic rings. The van der Waals surface area contributed by atoms with Crippen LogP contribution >= 0.6 is 0 Å². The Morgan fingerprint density at radius 1 is 1.38 bits per heavy atom. The number of ether oxygens (including phenoxy) is 1. The van der Waals surface area contributed by atoms with Crippen molar-refractivity contribution in [1.29, 1.82) is 0 Å². The van der Waals surface area contributed by atoms with Gasteiger partial charge >= 0.3 is 5.97 Å². The minimum atomic E-state index is -1.12. The van der Waals surface area contributed by atoms with E-state index in [4.69, 9.17) is 9.84 Å². The molecule has 0 aromatic carbocycles. The molecule has 1 aliphatic rings. The van der Waals surface area contributed by atoms with Crippen molar-refractivity contribution in [2.75, 3.05) is 6.54 Å².